The molecule has 0 aliphatic carbocycles. The number of ketones is 2. The Morgan fingerprint density at radius 1 is 0.737 bits per heavy atom. The molecule has 0 bridgehead atoms. The van der Waals surface area contributed by atoms with Crippen LogP contribution in [0.1, 0.15) is 85.5 Å². The zero-order chi connectivity index (χ0) is 14.7. The van der Waals surface area contributed by atoms with Crippen LogP contribution in [0.25, 0.3) is 0 Å². The number of carbonyl (C=O) groups is 2. The molecule has 0 aromatic rings. The van der Waals surface area contributed by atoms with Gasteiger partial charge in [-0.05, 0) is 19.3 Å². The molecule has 0 aromatic heterocycles. The first kappa shape index (κ1) is 18.3. The molecule has 0 N–H and O–H groups in total. The third kappa shape index (κ3) is 8.96. The Balaban J connectivity index is 3.84. The lowest BCUT2D eigenvalue weighted by Gasteiger charge is -2.13. The third-order valence-electron chi connectivity index (χ3n) is 3.94. The highest BCUT2D eigenvalue weighted by Gasteiger charge is 2.17. The van der Waals surface area contributed by atoms with E-state index in [-0.39, 0.29) is 11.8 Å². The molecule has 0 rings (SSSR count). The molecule has 0 spiro atoms. The van der Waals surface area contributed by atoms with Crippen molar-refractivity contribution in [1.29, 1.82) is 0 Å². The highest BCUT2D eigenvalue weighted by molar-refractivity contribution is 5.83. The first-order chi connectivity index (χ1) is 9.02. The molecule has 0 saturated carbocycles. The van der Waals surface area contributed by atoms with Crippen LogP contribution in [0.4, 0.5) is 0 Å². The molecule has 19 heavy (non-hydrogen) atoms. The van der Waals surface area contributed by atoms with E-state index in [4.69, 9.17) is 0 Å². The summed E-state index contributed by atoms with van der Waals surface area (Å²) in [4.78, 5) is 23.8. The van der Waals surface area contributed by atoms with Crippen LogP contribution in [-0.2, 0) is 9.59 Å². The molecule has 0 amide bonds. The lowest BCUT2D eigenvalue weighted by atomic mass is 9.91. The second-order valence-electron chi connectivity index (χ2n) is 5.87. The van der Waals surface area contributed by atoms with Crippen molar-refractivity contribution in [2.75, 3.05) is 0 Å². The molecular formula is C17H32O2. The van der Waals surface area contributed by atoms with E-state index in [1.807, 2.05) is 13.8 Å². The van der Waals surface area contributed by atoms with Crippen molar-refractivity contribution in [2.24, 2.45) is 11.8 Å². The van der Waals surface area contributed by atoms with Crippen molar-refractivity contribution < 1.29 is 9.59 Å². The molecule has 0 aromatic carbocycles. The Hall–Kier alpha value is -0.660. The maximum Gasteiger partial charge on any atom is 0.135 e. The summed E-state index contributed by atoms with van der Waals surface area (Å²) in [5.41, 5.74) is 0. The standard InChI is InChI=1S/C17H32O2/c1-5-7-9-10-14(3)17(19)13-12-15(4)16(18)11-8-6-2/h14-15H,5-13H2,1-4H3. The summed E-state index contributed by atoms with van der Waals surface area (Å²) >= 11 is 0. The number of Topliss-reactive ketones (excluding diaryl/α,β-unsaturated/α-hetero) is 2. The Labute approximate surface area is 119 Å². The molecule has 0 saturated heterocycles. The number of rotatable bonds is 12. The number of carbonyl (C=O) groups excluding carboxylic acids is 2. The van der Waals surface area contributed by atoms with Gasteiger partial charge in [0.15, 0.2) is 0 Å². The minimum Gasteiger partial charge on any atom is -0.299 e. The van der Waals surface area contributed by atoms with Gasteiger partial charge in [-0.15, -0.1) is 0 Å². The minimum absolute atomic E-state index is 0.0540. The fraction of sp³-hybridized carbons (Fsp3) is 0.882. The SMILES string of the molecule is CCCCCC(C)C(=O)CCC(C)C(=O)CCCC. The van der Waals surface area contributed by atoms with E-state index in [9.17, 15) is 9.59 Å². The van der Waals surface area contributed by atoms with Gasteiger partial charge in [-0.3, -0.25) is 9.59 Å². The molecule has 2 nitrogen and oxygen atoms in total. The molecule has 0 aliphatic heterocycles. The average Bonchev–Trinajstić information content (AvgIpc) is 2.41. The topological polar surface area (TPSA) is 34.1 Å². The van der Waals surface area contributed by atoms with E-state index >= 15 is 0 Å². The van der Waals surface area contributed by atoms with Gasteiger partial charge in [0.25, 0.3) is 0 Å². The lowest BCUT2D eigenvalue weighted by molar-refractivity contribution is -0.124. The van der Waals surface area contributed by atoms with Crippen molar-refractivity contribution in [3.8, 4) is 0 Å². The van der Waals surface area contributed by atoms with Crippen LogP contribution in [0, 0.1) is 11.8 Å². The monoisotopic (exact) mass is 268 g/mol. The van der Waals surface area contributed by atoms with E-state index in [1.165, 1.54) is 12.8 Å². The Bertz CT molecular complexity index is 258. The highest BCUT2D eigenvalue weighted by Crippen LogP contribution is 2.17. The lowest BCUT2D eigenvalue weighted by Crippen LogP contribution is -2.16. The van der Waals surface area contributed by atoms with Gasteiger partial charge < -0.3 is 0 Å². The van der Waals surface area contributed by atoms with Crippen LogP contribution in [0.2, 0.25) is 0 Å². The van der Waals surface area contributed by atoms with Gasteiger partial charge in [0.1, 0.15) is 11.6 Å². The molecule has 0 radical (unpaired) electrons. The van der Waals surface area contributed by atoms with E-state index in [0.717, 1.165) is 32.1 Å². The third-order valence-corrected chi connectivity index (χ3v) is 3.94. The quantitative estimate of drug-likeness (QED) is 0.469. The van der Waals surface area contributed by atoms with Gasteiger partial charge in [0, 0.05) is 24.7 Å². The van der Waals surface area contributed by atoms with E-state index in [2.05, 4.69) is 13.8 Å². The summed E-state index contributed by atoms with van der Waals surface area (Å²) in [7, 11) is 0. The molecular weight excluding hydrogens is 236 g/mol. The predicted octanol–water partition coefficient (Wildman–Crippen LogP) is 4.95. The normalized spacial score (nSPS) is 14.1. The molecule has 2 heteroatoms. The summed E-state index contributed by atoms with van der Waals surface area (Å²) in [6, 6.07) is 0. The highest BCUT2D eigenvalue weighted by atomic mass is 16.1. The van der Waals surface area contributed by atoms with Gasteiger partial charge >= 0.3 is 0 Å². The Morgan fingerprint density at radius 2 is 1.26 bits per heavy atom. The average molecular weight is 268 g/mol. The first-order valence-corrected chi connectivity index (χ1v) is 8.08. The van der Waals surface area contributed by atoms with Crippen molar-refractivity contribution in [3.05, 3.63) is 0 Å². The van der Waals surface area contributed by atoms with Crippen LogP contribution < -0.4 is 0 Å². The van der Waals surface area contributed by atoms with Gasteiger partial charge in [0.2, 0.25) is 0 Å². The molecule has 0 heterocycles. The molecule has 0 fully saturated rings. The van der Waals surface area contributed by atoms with Gasteiger partial charge in [-0.25, -0.2) is 0 Å². The second-order valence-corrected chi connectivity index (χ2v) is 5.87. The largest absolute Gasteiger partial charge is 0.299 e. The van der Waals surface area contributed by atoms with Crippen molar-refractivity contribution in [1.82, 2.24) is 0 Å². The molecule has 2 unspecified atom stereocenters. The molecule has 0 aliphatic rings. The molecule has 112 valence electrons. The zero-order valence-electron chi connectivity index (χ0n) is 13.3. The fourth-order valence-electron chi connectivity index (χ4n) is 2.23. The number of hydrogen-bond acceptors (Lipinski definition) is 2. The second kappa shape index (κ2) is 11.2. The summed E-state index contributed by atoms with van der Waals surface area (Å²) < 4.78 is 0. The number of unbranched alkanes of at least 4 members (excludes halogenated alkanes) is 3. The van der Waals surface area contributed by atoms with Crippen molar-refractivity contribution in [2.45, 2.75) is 85.5 Å². The predicted molar refractivity (Wildman–Crippen MR) is 81.2 cm³/mol. The van der Waals surface area contributed by atoms with E-state index in [0.29, 0.717) is 24.4 Å². The summed E-state index contributed by atoms with van der Waals surface area (Å²) in [5, 5.41) is 0. The maximum atomic E-state index is 12.0. The van der Waals surface area contributed by atoms with Crippen molar-refractivity contribution >= 4 is 11.6 Å². The Morgan fingerprint density at radius 3 is 1.84 bits per heavy atom. The minimum atomic E-state index is 0.0540. The van der Waals surface area contributed by atoms with Crippen molar-refractivity contribution in [3.63, 3.8) is 0 Å². The van der Waals surface area contributed by atoms with Gasteiger partial charge in [0.05, 0.1) is 0 Å². The molecule has 2 atom stereocenters. The Kier molecular flexibility index (Phi) is 10.8. The van der Waals surface area contributed by atoms with Crippen LogP contribution in [0.3, 0.4) is 0 Å². The van der Waals surface area contributed by atoms with Gasteiger partial charge in [-0.1, -0.05) is 53.4 Å². The van der Waals surface area contributed by atoms with Gasteiger partial charge in [-0.2, -0.15) is 0 Å². The number of hydrogen-bond donors (Lipinski definition) is 0. The van der Waals surface area contributed by atoms with E-state index < -0.39 is 0 Å². The van der Waals surface area contributed by atoms with Crippen LogP contribution in [-0.4, -0.2) is 11.6 Å². The van der Waals surface area contributed by atoms with Crippen LogP contribution in [0.5, 0.6) is 0 Å². The summed E-state index contributed by atoms with van der Waals surface area (Å²) in [6.45, 7) is 8.27. The maximum absolute atomic E-state index is 12.0. The van der Waals surface area contributed by atoms with Crippen LogP contribution >= 0.6 is 0 Å². The summed E-state index contributed by atoms with van der Waals surface area (Å²) in [6.07, 6.45) is 8.59. The first-order valence-electron chi connectivity index (χ1n) is 8.08. The summed E-state index contributed by atoms with van der Waals surface area (Å²) in [5.74, 6) is 0.891. The van der Waals surface area contributed by atoms with E-state index in [1.54, 1.807) is 0 Å². The fourth-order valence-corrected chi connectivity index (χ4v) is 2.23. The smallest absolute Gasteiger partial charge is 0.135 e. The van der Waals surface area contributed by atoms with Crippen LogP contribution in [0.15, 0.2) is 0 Å². The zero-order valence-corrected chi connectivity index (χ0v) is 13.3.